The van der Waals surface area contributed by atoms with Gasteiger partial charge in [-0.05, 0) is 49.1 Å². The lowest BCUT2D eigenvalue weighted by molar-refractivity contribution is -0.140. The number of hydrogen-bond acceptors (Lipinski definition) is 5. The van der Waals surface area contributed by atoms with Crippen LogP contribution in [-0.2, 0) is 22.6 Å². The van der Waals surface area contributed by atoms with Crippen molar-refractivity contribution in [3.05, 3.63) is 47.9 Å². The molecule has 0 spiro atoms. The zero-order valence-corrected chi connectivity index (χ0v) is 17.2. The highest BCUT2D eigenvalue weighted by molar-refractivity contribution is 5.84. The highest BCUT2D eigenvalue weighted by Gasteiger charge is 2.33. The standard InChI is InChI=1S/C22H28N2O5/c1-16(25)24(18-7-8-18)15-22(26)23(14-19-5-4-12-29-19)11-10-17-6-9-20(27-2)21(13-17)28-3/h4-6,9,12-13,18H,7-8,10-11,14-15H2,1-3H3. The number of amides is 2. The Morgan fingerprint density at radius 2 is 1.90 bits per heavy atom. The first kappa shape index (κ1) is 20.8. The average Bonchev–Trinajstić information content (AvgIpc) is 3.43. The molecule has 1 fully saturated rings. The van der Waals surface area contributed by atoms with Gasteiger partial charge in [0.25, 0.3) is 0 Å². The summed E-state index contributed by atoms with van der Waals surface area (Å²) in [6, 6.07) is 9.59. The molecule has 3 rings (SSSR count). The molecule has 2 aromatic rings. The Morgan fingerprint density at radius 1 is 1.14 bits per heavy atom. The van der Waals surface area contributed by atoms with Gasteiger partial charge in [-0.25, -0.2) is 0 Å². The van der Waals surface area contributed by atoms with Crippen LogP contribution in [-0.4, -0.2) is 55.0 Å². The van der Waals surface area contributed by atoms with E-state index in [-0.39, 0.29) is 24.4 Å². The van der Waals surface area contributed by atoms with E-state index in [1.165, 1.54) is 6.92 Å². The van der Waals surface area contributed by atoms with E-state index in [1.54, 1.807) is 36.3 Å². The van der Waals surface area contributed by atoms with Crippen molar-refractivity contribution in [1.82, 2.24) is 9.80 Å². The van der Waals surface area contributed by atoms with Gasteiger partial charge < -0.3 is 23.7 Å². The highest BCUT2D eigenvalue weighted by atomic mass is 16.5. The number of benzene rings is 1. The molecule has 7 heteroatoms. The van der Waals surface area contributed by atoms with Crippen molar-refractivity contribution >= 4 is 11.8 Å². The number of hydrogen-bond donors (Lipinski definition) is 0. The lowest BCUT2D eigenvalue weighted by Crippen LogP contribution is -2.43. The molecule has 29 heavy (non-hydrogen) atoms. The molecule has 1 heterocycles. The first-order chi connectivity index (χ1) is 14.0. The summed E-state index contributed by atoms with van der Waals surface area (Å²) in [6.07, 6.45) is 4.18. The molecule has 0 aliphatic heterocycles. The molecule has 1 aliphatic rings. The summed E-state index contributed by atoms with van der Waals surface area (Å²) in [7, 11) is 3.20. The Kier molecular flexibility index (Phi) is 6.80. The Bertz CT molecular complexity index is 830. The van der Waals surface area contributed by atoms with E-state index in [4.69, 9.17) is 13.9 Å². The fraction of sp³-hybridized carbons (Fsp3) is 0.455. The van der Waals surface area contributed by atoms with Crippen molar-refractivity contribution in [1.29, 1.82) is 0 Å². The molecule has 1 aromatic carbocycles. The summed E-state index contributed by atoms with van der Waals surface area (Å²) in [5.74, 6) is 1.90. The number of ether oxygens (including phenoxy) is 2. The molecule has 0 bridgehead atoms. The van der Waals surface area contributed by atoms with E-state index in [2.05, 4.69) is 0 Å². The molecule has 0 atom stereocenters. The van der Waals surface area contributed by atoms with Gasteiger partial charge in [-0.1, -0.05) is 6.07 Å². The fourth-order valence-corrected chi connectivity index (χ4v) is 3.31. The molecular formula is C22H28N2O5. The van der Waals surface area contributed by atoms with Gasteiger partial charge in [0, 0.05) is 19.5 Å². The first-order valence-electron chi connectivity index (χ1n) is 9.80. The molecule has 7 nitrogen and oxygen atoms in total. The molecule has 0 unspecified atom stereocenters. The van der Waals surface area contributed by atoms with Gasteiger partial charge in [-0.15, -0.1) is 0 Å². The third-order valence-corrected chi connectivity index (χ3v) is 5.10. The maximum atomic E-state index is 13.0. The smallest absolute Gasteiger partial charge is 0.242 e. The molecule has 1 saturated carbocycles. The van der Waals surface area contributed by atoms with E-state index < -0.39 is 0 Å². The van der Waals surface area contributed by atoms with E-state index in [1.807, 2.05) is 24.3 Å². The Morgan fingerprint density at radius 3 is 2.48 bits per heavy atom. The topological polar surface area (TPSA) is 72.2 Å². The SMILES string of the molecule is COc1ccc(CCN(Cc2ccco2)C(=O)CN(C(C)=O)C2CC2)cc1OC. The summed E-state index contributed by atoms with van der Waals surface area (Å²) in [5, 5.41) is 0. The Labute approximate surface area is 171 Å². The van der Waals surface area contributed by atoms with E-state index in [9.17, 15) is 9.59 Å². The van der Waals surface area contributed by atoms with Crippen LogP contribution in [0.5, 0.6) is 11.5 Å². The highest BCUT2D eigenvalue weighted by Crippen LogP contribution is 2.28. The predicted octanol–water partition coefficient (Wildman–Crippen LogP) is 2.88. The number of rotatable bonds is 10. The van der Waals surface area contributed by atoms with Crippen LogP contribution in [0.15, 0.2) is 41.0 Å². The van der Waals surface area contributed by atoms with Crippen LogP contribution >= 0.6 is 0 Å². The van der Waals surface area contributed by atoms with Gasteiger partial charge in [0.2, 0.25) is 11.8 Å². The van der Waals surface area contributed by atoms with E-state index >= 15 is 0 Å². The Balaban J connectivity index is 1.69. The number of nitrogens with zero attached hydrogens (tertiary/aromatic N) is 2. The lowest BCUT2D eigenvalue weighted by Gasteiger charge is -2.26. The van der Waals surface area contributed by atoms with Crippen LogP contribution in [0.1, 0.15) is 31.1 Å². The zero-order valence-electron chi connectivity index (χ0n) is 17.2. The first-order valence-corrected chi connectivity index (χ1v) is 9.80. The molecule has 1 aliphatic carbocycles. The minimum absolute atomic E-state index is 0.0568. The lowest BCUT2D eigenvalue weighted by atomic mass is 10.1. The summed E-state index contributed by atoms with van der Waals surface area (Å²) in [4.78, 5) is 28.3. The predicted molar refractivity (Wildman–Crippen MR) is 108 cm³/mol. The van der Waals surface area contributed by atoms with Crippen molar-refractivity contribution in [2.75, 3.05) is 27.3 Å². The minimum atomic E-state index is -0.0797. The second-order valence-corrected chi connectivity index (χ2v) is 7.21. The van der Waals surface area contributed by atoms with Crippen molar-refractivity contribution in [3.63, 3.8) is 0 Å². The van der Waals surface area contributed by atoms with Crippen LogP contribution in [0.3, 0.4) is 0 Å². The summed E-state index contributed by atoms with van der Waals surface area (Å²) in [5.41, 5.74) is 1.03. The molecule has 0 saturated heterocycles. The summed E-state index contributed by atoms with van der Waals surface area (Å²) >= 11 is 0. The maximum absolute atomic E-state index is 13.0. The van der Waals surface area contributed by atoms with Crippen molar-refractivity contribution in [2.24, 2.45) is 0 Å². The fourth-order valence-electron chi connectivity index (χ4n) is 3.31. The molecule has 2 amide bonds. The van der Waals surface area contributed by atoms with Crippen LogP contribution in [0.2, 0.25) is 0 Å². The van der Waals surface area contributed by atoms with E-state index in [0.29, 0.717) is 36.8 Å². The van der Waals surface area contributed by atoms with Gasteiger partial charge in [-0.3, -0.25) is 9.59 Å². The average molecular weight is 400 g/mol. The minimum Gasteiger partial charge on any atom is -0.493 e. The monoisotopic (exact) mass is 400 g/mol. The van der Waals surface area contributed by atoms with Gasteiger partial charge in [0.15, 0.2) is 11.5 Å². The normalized spacial score (nSPS) is 13.1. The zero-order chi connectivity index (χ0) is 20.8. The third kappa shape index (κ3) is 5.53. The van der Waals surface area contributed by atoms with Crippen molar-refractivity contribution in [3.8, 4) is 11.5 Å². The summed E-state index contributed by atoms with van der Waals surface area (Å²) < 4.78 is 16.1. The number of carbonyl (C=O) groups is 2. The molecular weight excluding hydrogens is 372 g/mol. The Hall–Kier alpha value is -2.96. The van der Waals surface area contributed by atoms with E-state index in [0.717, 1.165) is 18.4 Å². The maximum Gasteiger partial charge on any atom is 0.242 e. The largest absolute Gasteiger partial charge is 0.493 e. The third-order valence-electron chi connectivity index (χ3n) is 5.10. The number of carbonyl (C=O) groups excluding carboxylic acids is 2. The van der Waals surface area contributed by atoms with Crippen LogP contribution in [0.25, 0.3) is 0 Å². The molecule has 0 N–H and O–H groups in total. The van der Waals surface area contributed by atoms with Gasteiger partial charge in [0.05, 0.1) is 27.0 Å². The van der Waals surface area contributed by atoms with Gasteiger partial charge in [-0.2, -0.15) is 0 Å². The van der Waals surface area contributed by atoms with Crippen molar-refractivity contribution < 1.29 is 23.5 Å². The number of furan rings is 1. The quantitative estimate of drug-likeness (QED) is 0.613. The molecule has 156 valence electrons. The van der Waals surface area contributed by atoms with Gasteiger partial charge >= 0.3 is 0 Å². The summed E-state index contributed by atoms with van der Waals surface area (Å²) in [6.45, 7) is 2.50. The second kappa shape index (κ2) is 9.49. The van der Waals surface area contributed by atoms with Crippen LogP contribution < -0.4 is 9.47 Å². The van der Waals surface area contributed by atoms with Gasteiger partial charge in [0.1, 0.15) is 12.3 Å². The van der Waals surface area contributed by atoms with Crippen molar-refractivity contribution in [2.45, 2.75) is 38.8 Å². The number of methoxy groups -OCH3 is 2. The van der Waals surface area contributed by atoms with Crippen LogP contribution in [0.4, 0.5) is 0 Å². The molecule has 1 aromatic heterocycles. The molecule has 0 radical (unpaired) electrons. The second-order valence-electron chi connectivity index (χ2n) is 7.21. The van der Waals surface area contributed by atoms with Crippen LogP contribution in [0, 0.1) is 0 Å².